The van der Waals surface area contributed by atoms with Crippen LogP contribution in [0.2, 0.25) is 0 Å². The lowest BCUT2D eigenvalue weighted by atomic mass is 9.97. The average Bonchev–Trinajstić information content (AvgIpc) is 2.75. The van der Waals surface area contributed by atoms with Gasteiger partial charge >= 0.3 is 0 Å². The van der Waals surface area contributed by atoms with Crippen molar-refractivity contribution in [2.75, 3.05) is 19.8 Å². The molecule has 0 spiro atoms. The third kappa shape index (κ3) is 2.43. The first-order valence-electron chi connectivity index (χ1n) is 5.93. The third-order valence-corrected chi connectivity index (χ3v) is 3.41. The summed E-state index contributed by atoms with van der Waals surface area (Å²) in [4.78, 5) is 6.56. The minimum absolute atomic E-state index is 0.180. The first-order valence-corrected chi connectivity index (χ1v) is 5.93. The van der Waals surface area contributed by atoms with Crippen molar-refractivity contribution in [3.63, 3.8) is 0 Å². The zero-order valence-electron chi connectivity index (χ0n) is 9.95. The van der Waals surface area contributed by atoms with Gasteiger partial charge in [-0.05, 0) is 45.7 Å². The van der Waals surface area contributed by atoms with Gasteiger partial charge in [0.1, 0.15) is 5.76 Å². The summed E-state index contributed by atoms with van der Waals surface area (Å²) in [7, 11) is 0. The monoisotopic (exact) mass is 226 g/mol. The number of nitrogens with zero attached hydrogens (tertiary/aromatic N) is 2. The van der Waals surface area contributed by atoms with Gasteiger partial charge in [-0.2, -0.15) is 0 Å². The van der Waals surface area contributed by atoms with Crippen LogP contribution in [0.25, 0.3) is 0 Å². The van der Waals surface area contributed by atoms with Gasteiger partial charge in [-0.1, -0.05) is 0 Å². The molecule has 2 heterocycles. The van der Waals surface area contributed by atoms with Gasteiger partial charge in [0.25, 0.3) is 0 Å². The Hall–Kier alpha value is -0.900. The van der Waals surface area contributed by atoms with Crippen molar-refractivity contribution in [1.29, 1.82) is 0 Å². The molecule has 4 heteroatoms. The average molecular weight is 226 g/mol. The molecule has 2 rings (SSSR count). The van der Waals surface area contributed by atoms with E-state index in [1.54, 1.807) is 6.20 Å². The van der Waals surface area contributed by atoms with Crippen LogP contribution in [0.5, 0.6) is 0 Å². The molecule has 0 aromatic carbocycles. The van der Waals surface area contributed by atoms with E-state index in [0.717, 1.165) is 37.6 Å². The zero-order valence-corrected chi connectivity index (χ0v) is 9.95. The summed E-state index contributed by atoms with van der Waals surface area (Å²) in [6.45, 7) is 5.70. The number of halogens is 1. The predicted molar refractivity (Wildman–Crippen MR) is 59.9 cm³/mol. The van der Waals surface area contributed by atoms with Crippen LogP contribution in [0, 0.1) is 12.8 Å². The van der Waals surface area contributed by atoms with E-state index in [4.69, 9.17) is 4.42 Å². The van der Waals surface area contributed by atoms with Crippen molar-refractivity contribution in [3.05, 3.63) is 17.8 Å². The Morgan fingerprint density at radius 3 is 2.75 bits per heavy atom. The van der Waals surface area contributed by atoms with Crippen LogP contribution >= 0.6 is 0 Å². The molecule has 1 atom stereocenters. The minimum Gasteiger partial charge on any atom is -0.444 e. The molecule has 0 bridgehead atoms. The lowest BCUT2D eigenvalue weighted by Gasteiger charge is -2.33. The van der Waals surface area contributed by atoms with Crippen molar-refractivity contribution in [3.8, 4) is 0 Å². The van der Waals surface area contributed by atoms with E-state index in [2.05, 4.69) is 16.8 Å². The van der Waals surface area contributed by atoms with Gasteiger partial charge in [-0.25, -0.2) is 4.98 Å². The standard InChI is InChI=1S/C12H19FN2O/c1-9-8-14-12(16-9)10(2)15-5-3-11(7-13)4-6-15/h8,10-11H,3-7H2,1-2H3. The van der Waals surface area contributed by atoms with Crippen molar-refractivity contribution in [2.24, 2.45) is 5.92 Å². The minimum atomic E-state index is -0.180. The fourth-order valence-electron chi connectivity index (χ4n) is 2.22. The van der Waals surface area contributed by atoms with Crippen LogP contribution in [-0.4, -0.2) is 29.6 Å². The van der Waals surface area contributed by atoms with E-state index in [0.29, 0.717) is 0 Å². The quantitative estimate of drug-likeness (QED) is 0.793. The first-order chi connectivity index (χ1) is 7.70. The highest BCUT2D eigenvalue weighted by molar-refractivity contribution is 4.96. The Morgan fingerprint density at radius 1 is 1.56 bits per heavy atom. The van der Waals surface area contributed by atoms with Crippen LogP contribution in [0.15, 0.2) is 10.6 Å². The van der Waals surface area contributed by atoms with Crippen molar-refractivity contribution in [1.82, 2.24) is 9.88 Å². The third-order valence-electron chi connectivity index (χ3n) is 3.41. The summed E-state index contributed by atoms with van der Waals surface area (Å²) in [5, 5.41) is 0. The van der Waals surface area contributed by atoms with Crippen molar-refractivity contribution >= 4 is 0 Å². The number of piperidine rings is 1. The number of likely N-dealkylation sites (tertiary alicyclic amines) is 1. The molecule has 1 unspecified atom stereocenters. The lowest BCUT2D eigenvalue weighted by molar-refractivity contribution is 0.114. The molecule has 0 amide bonds. The molecular formula is C12H19FN2O. The van der Waals surface area contributed by atoms with Crippen molar-refractivity contribution in [2.45, 2.75) is 32.7 Å². The fraction of sp³-hybridized carbons (Fsp3) is 0.750. The van der Waals surface area contributed by atoms with Crippen LogP contribution in [0.4, 0.5) is 4.39 Å². The second-order valence-corrected chi connectivity index (χ2v) is 4.62. The van der Waals surface area contributed by atoms with Crippen LogP contribution < -0.4 is 0 Å². The van der Waals surface area contributed by atoms with Crippen molar-refractivity contribution < 1.29 is 8.81 Å². The molecule has 0 N–H and O–H groups in total. The second-order valence-electron chi connectivity index (χ2n) is 4.62. The molecule has 0 saturated carbocycles. The van der Waals surface area contributed by atoms with Gasteiger partial charge in [0.15, 0.2) is 0 Å². The number of hydrogen-bond donors (Lipinski definition) is 0. The molecule has 90 valence electrons. The predicted octanol–water partition coefficient (Wildman–Crippen LogP) is 2.73. The SMILES string of the molecule is Cc1cnc(C(C)N2CCC(CF)CC2)o1. The smallest absolute Gasteiger partial charge is 0.211 e. The Labute approximate surface area is 95.6 Å². The zero-order chi connectivity index (χ0) is 11.5. The van der Waals surface area contributed by atoms with Gasteiger partial charge in [0, 0.05) is 0 Å². The molecule has 0 aliphatic carbocycles. The highest BCUT2D eigenvalue weighted by atomic mass is 19.1. The lowest BCUT2D eigenvalue weighted by Crippen LogP contribution is -2.36. The largest absolute Gasteiger partial charge is 0.444 e. The molecule has 3 nitrogen and oxygen atoms in total. The maximum Gasteiger partial charge on any atom is 0.211 e. The summed E-state index contributed by atoms with van der Waals surface area (Å²) in [6, 6.07) is 0.203. The Balaban J connectivity index is 1.93. The maximum atomic E-state index is 12.5. The van der Waals surface area contributed by atoms with Gasteiger partial charge < -0.3 is 4.42 Å². The summed E-state index contributed by atoms with van der Waals surface area (Å²) in [6.07, 6.45) is 3.64. The van der Waals surface area contributed by atoms with Crippen LogP contribution in [0.1, 0.15) is 37.5 Å². The Morgan fingerprint density at radius 2 is 2.25 bits per heavy atom. The van der Waals surface area contributed by atoms with E-state index in [1.807, 2.05) is 6.92 Å². The second kappa shape index (κ2) is 4.95. The van der Waals surface area contributed by atoms with E-state index < -0.39 is 0 Å². The van der Waals surface area contributed by atoms with E-state index in [-0.39, 0.29) is 18.6 Å². The topological polar surface area (TPSA) is 29.3 Å². The van der Waals surface area contributed by atoms with Gasteiger partial charge in [0.05, 0.1) is 18.9 Å². The summed E-state index contributed by atoms with van der Waals surface area (Å²) >= 11 is 0. The molecule has 1 fully saturated rings. The van der Waals surface area contributed by atoms with Gasteiger partial charge in [-0.3, -0.25) is 9.29 Å². The van der Waals surface area contributed by atoms with Crippen LogP contribution in [0.3, 0.4) is 0 Å². The van der Waals surface area contributed by atoms with E-state index >= 15 is 0 Å². The summed E-state index contributed by atoms with van der Waals surface area (Å²) < 4.78 is 18.0. The number of aryl methyl sites for hydroxylation is 1. The highest BCUT2D eigenvalue weighted by Gasteiger charge is 2.25. The molecule has 1 aliphatic heterocycles. The number of rotatable bonds is 3. The normalized spacial score (nSPS) is 21.2. The molecule has 1 saturated heterocycles. The number of alkyl halides is 1. The van der Waals surface area contributed by atoms with Gasteiger partial charge in [-0.15, -0.1) is 0 Å². The van der Waals surface area contributed by atoms with E-state index in [1.165, 1.54) is 0 Å². The Bertz CT molecular complexity index is 332. The number of aromatic nitrogens is 1. The highest BCUT2D eigenvalue weighted by Crippen LogP contribution is 2.26. The molecular weight excluding hydrogens is 207 g/mol. The maximum absolute atomic E-state index is 12.5. The molecule has 1 aromatic rings. The van der Waals surface area contributed by atoms with E-state index in [9.17, 15) is 4.39 Å². The molecule has 1 aromatic heterocycles. The van der Waals surface area contributed by atoms with Gasteiger partial charge in [0.2, 0.25) is 5.89 Å². The fourth-order valence-corrected chi connectivity index (χ4v) is 2.22. The Kier molecular flexibility index (Phi) is 3.59. The molecule has 16 heavy (non-hydrogen) atoms. The number of hydrogen-bond acceptors (Lipinski definition) is 3. The van der Waals surface area contributed by atoms with Crippen LogP contribution in [-0.2, 0) is 0 Å². The summed E-state index contributed by atoms with van der Waals surface area (Å²) in [5.41, 5.74) is 0. The molecule has 0 radical (unpaired) electrons. The first kappa shape index (κ1) is 11.6. The summed E-state index contributed by atoms with van der Waals surface area (Å²) in [5.74, 6) is 1.88. The molecule has 1 aliphatic rings. The number of oxazole rings is 1.